The van der Waals surface area contributed by atoms with Crippen LogP contribution in [-0.4, -0.2) is 55.7 Å². The highest BCUT2D eigenvalue weighted by atomic mass is 127. The molecule has 1 fully saturated rings. The first kappa shape index (κ1) is 24.3. The zero-order chi connectivity index (χ0) is 18.2. The second-order valence-corrected chi connectivity index (χ2v) is 6.33. The minimum absolute atomic E-state index is 0. The summed E-state index contributed by atoms with van der Waals surface area (Å²) in [5.74, 6) is 0.616. The molecule has 0 unspecified atom stereocenters. The van der Waals surface area contributed by atoms with Crippen LogP contribution in [0.25, 0.3) is 0 Å². The van der Waals surface area contributed by atoms with Crippen molar-refractivity contribution in [1.82, 2.24) is 15.5 Å². The van der Waals surface area contributed by atoms with Crippen LogP contribution in [-0.2, 0) is 4.79 Å². The number of carbonyl (C=O) groups excluding carboxylic acids is 1. The fraction of sp³-hybridized carbons (Fsp3) is 0.875. The molecule has 0 saturated heterocycles. The van der Waals surface area contributed by atoms with Crippen LogP contribution in [0.15, 0.2) is 4.99 Å². The van der Waals surface area contributed by atoms with Gasteiger partial charge in [0.25, 0.3) is 0 Å². The number of alkyl halides is 3. The number of nitrogens with zero attached hydrogens (tertiary/aromatic N) is 2. The van der Waals surface area contributed by atoms with Crippen molar-refractivity contribution in [3.8, 4) is 0 Å². The molecular formula is C16H30F3IN4O. The van der Waals surface area contributed by atoms with Crippen molar-refractivity contribution in [2.75, 3.05) is 26.7 Å². The molecule has 5 nitrogen and oxygen atoms in total. The van der Waals surface area contributed by atoms with E-state index in [1.165, 1.54) is 19.3 Å². The van der Waals surface area contributed by atoms with Gasteiger partial charge in [0, 0.05) is 19.6 Å². The van der Waals surface area contributed by atoms with Crippen molar-refractivity contribution in [1.29, 1.82) is 0 Å². The lowest BCUT2D eigenvalue weighted by Crippen LogP contribution is -2.45. The molecule has 25 heavy (non-hydrogen) atoms. The van der Waals surface area contributed by atoms with Gasteiger partial charge in [0.15, 0.2) is 5.96 Å². The van der Waals surface area contributed by atoms with Gasteiger partial charge in [0.2, 0.25) is 5.91 Å². The van der Waals surface area contributed by atoms with Gasteiger partial charge in [-0.2, -0.15) is 13.2 Å². The number of likely N-dealkylation sites (N-methyl/N-ethyl adjacent to an activating group) is 1. The highest BCUT2D eigenvalue weighted by Crippen LogP contribution is 2.26. The molecule has 0 aromatic rings. The number of halogens is 4. The van der Waals surface area contributed by atoms with Gasteiger partial charge >= 0.3 is 6.18 Å². The third kappa shape index (κ3) is 10.1. The van der Waals surface area contributed by atoms with Crippen molar-refractivity contribution < 1.29 is 18.0 Å². The Hall–Kier alpha value is -0.740. The smallest absolute Gasteiger partial charge is 0.357 e. The second-order valence-electron chi connectivity index (χ2n) is 6.33. The van der Waals surface area contributed by atoms with E-state index in [0.29, 0.717) is 23.4 Å². The van der Waals surface area contributed by atoms with E-state index in [1.54, 1.807) is 0 Å². The van der Waals surface area contributed by atoms with Crippen molar-refractivity contribution in [2.24, 2.45) is 10.9 Å². The average Bonchev–Trinajstić information content (AvgIpc) is 2.51. The SMILES string of the molecule is CCNC(=NCC(=O)N(C)CC(F)(F)F)NC1CCC(CC)CC1.I. The van der Waals surface area contributed by atoms with E-state index in [9.17, 15) is 18.0 Å². The third-order valence-electron chi connectivity index (χ3n) is 4.32. The predicted molar refractivity (Wildman–Crippen MR) is 104 cm³/mol. The van der Waals surface area contributed by atoms with Gasteiger partial charge in [-0.1, -0.05) is 13.3 Å². The molecule has 1 amide bonds. The summed E-state index contributed by atoms with van der Waals surface area (Å²) in [5.41, 5.74) is 0. The fourth-order valence-electron chi connectivity index (χ4n) is 2.85. The Morgan fingerprint density at radius 1 is 1.20 bits per heavy atom. The maximum Gasteiger partial charge on any atom is 0.406 e. The maximum atomic E-state index is 12.3. The zero-order valence-corrected chi connectivity index (χ0v) is 17.5. The summed E-state index contributed by atoms with van der Waals surface area (Å²) in [6.45, 7) is 3.18. The summed E-state index contributed by atoms with van der Waals surface area (Å²) in [7, 11) is 1.14. The quantitative estimate of drug-likeness (QED) is 0.351. The number of aliphatic imine (C=N–C) groups is 1. The number of rotatable bonds is 6. The monoisotopic (exact) mass is 478 g/mol. The van der Waals surface area contributed by atoms with E-state index in [4.69, 9.17) is 0 Å². The van der Waals surface area contributed by atoms with E-state index in [0.717, 1.165) is 25.8 Å². The minimum atomic E-state index is -4.39. The molecule has 0 radical (unpaired) electrons. The molecule has 9 heteroatoms. The van der Waals surface area contributed by atoms with Crippen LogP contribution in [0.1, 0.15) is 46.0 Å². The average molecular weight is 478 g/mol. The van der Waals surface area contributed by atoms with Gasteiger partial charge < -0.3 is 15.5 Å². The number of hydrogen-bond acceptors (Lipinski definition) is 2. The molecule has 0 heterocycles. The molecule has 148 valence electrons. The Labute approximate surface area is 165 Å². The lowest BCUT2D eigenvalue weighted by atomic mass is 9.84. The minimum Gasteiger partial charge on any atom is -0.357 e. The molecule has 2 N–H and O–H groups in total. The summed E-state index contributed by atoms with van der Waals surface area (Å²) in [5, 5.41) is 6.33. The van der Waals surface area contributed by atoms with Crippen molar-refractivity contribution >= 4 is 35.8 Å². The number of amides is 1. The van der Waals surface area contributed by atoms with Gasteiger partial charge in [-0.15, -0.1) is 24.0 Å². The first-order valence-electron chi connectivity index (χ1n) is 8.60. The third-order valence-corrected chi connectivity index (χ3v) is 4.32. The summed E-state index contributed by atoms with van der Waals surface area (Å²) in [4.78, 5) is 16.6. The van der Waals surface area contributed by atoms with Crippen molar-refractivity contribution in [3.05, 3.63) is 0 Å². The van der Waals surface area contributed by atoms with Gasteiger partial charge in [-0.25, -0.2) is 4.99 Å². The Balaban J connectivity index is 0.00000576. The molecule has 0 aliphatic heterocycles. The van der Waals surface area contributed by atoms with E-state index >= 15 is 0 Å². The van der Waals surface area contributed by atoms with E-state index in [1.807, 2.05) is 6.92 Å². The van der Waals surface area contributed by atoms with Crippen LogP contribution in [0.4, 0.5) is 13.2 Å². The van der Waals surface area contributed by atoms with Crippen LogP contribution < -0.4 is 10.6 Å². The number of nitrogens with one attached hydrogen (secondary N) is 2. The molecular weight excluding hydrogens is 448 g/mol. The highest BCUT2D eigenvalue weighted by molar-refractivity contribution is 14.0. The summed E-state index contributed by atoms with van der Waals surface area (Å²) in [6, 6.07) is 0.300. The number of carbonyl (C=O) groups is 1. The van der Waals surface area contributed by atoms with Crippen molar-refractivity contribution in [3.63, 3.8) is 0 Å². The lowest BCUT2D eigenvalue weighted by molar-refractivity contribution is -0.157. The van der Waals surface area contributed by atoms with E-state index in [-0.39, 0.29) is 30.5 Å². The highest BCUT2D eigenvalue weighted by Gasteiger charge is 2.31. The van der Waals surface area contributed by atoms with Crippen LogP contribution in [0.2, 0.25) is 0 Å². The summed E-state index contributed by atoms with van der Waals surface area (Å²) < 4.78 is 36.9. The largest absolute Gasteiger partial charge is 0.406 e. The first-order valence-corrected chi connectivity index (χ1v) is 8.60. The molecule has 0 spiro atoms. The number of guanidine groups is 1. The van der Waals surface area contributed by atoms with Gasteiger partial charge in [0.05, 0.1) is 0 Å². The van der Waals surface area contributed by atoms with Gasteiger partial charge in [-0.3, -0.25) is 4.79 Å². The van der Waals surface area contributed by atoms with Crippen LogP contribution in [0.3, 0.4) is 0 Å². The zero-order valence-electron chi connectivity index (χ0n) is 15.2. The Kier molecular flexibility index (Phi) is 11.4. The predicted octanol–water partition coefficient (Wildman–Crippen LogP) is 3.15. The molecule has 0 aromatic carbocycles. The summed E-state index contributed by atoms with van der Waals surface area (Å²) >= 11 is 0. The normalized spacial score (nSPS) is 21.3. The van der Waals surface area contributed by atoms with E-state index < -0.39 is 18.6 Å². The maximum absolute atomic E-state index is 12.3. The Bertz CT molecular complexity index is 424. The Morgan fingerprint density at radius 3 is 2.28 bits per heavy atom. The van der Waals surface area contributed by atoms with E-state index in [2.05, 4.69) is 22.5 Å². The molecule has 1 saturated carbocycles. The topological polar surface area (TPSA) is 56.7 Å². The Morgan fingerprint density at radius 2 is 1.80 bits per heavy atom. The standard InChI is InChI=1S/C16H29F3N4O.HI/c1-4-12-6-8-13(9-7-12)22-15(20-5-2)21-10-14(24)23(3)11-16(17,18)19;/h12-13H,4-11H2,1-3H3,(H2,20,21,22);1H. The molecule has 0 bridgehead atoms. The first-order chi connectivity index (χ1) is 11.2. The molecule has 1 rings (SSSR count). The van der Waals surface area contributed by atoms with Crippen LogP contribution in [0, 0.1) is 5.92 Å². The lowest BCUT2D eigenvalue weighted by Gasteiger charge is -2.29. The van der Waals surface area contributed by atoms with Gasteiger partial charge in [0.1, 0.15) is 13.1 Å². The van der Waals surface area contributed by atoms with Crippen LogP contribution in [0.5, 0.6) is 0 Å². The van der Waals surface area contributed by atoms with Gasteiger partial charge in [-0.05, 0) is 38.5 Å². The number of hydrogen-bond donors (Lipinski definition) is 2. The van der Waals surface area contributed by atoms with Crippen LogP contribution >= 0.6 is 24.0 Å². The molecule has 0 atom stereocenters. The fourth-order valence-corrected chi connectivity index (χ4v) is 2.85. The second kappa shape index (κ2) is 11.8. The van der Waals surface area contributed by atoms with Crippen molar-refractivity contribution in [2.45, 2.75) is 58.2 Å². The molecule has 1 aliphatic rings. The molecule has 0 aromatic heterocycles. The molecule has 1 aliphatic carbocycles. The summed E-state index contributed by atoms with van der Waals surface area (Å²) in [6.07, 6.45) is 1.23.